The Morgan fingerprint density at radius 2 is 1.50 bits per heavy atom. The summed E-state index contributed by atoms with van der Waals surface area (Å²) in [4.78, 5) is 14.8. The van der Waals surface area contributed by atoms with E-state index in [1.54, 1.807) is 46.1 Å². The van der Waals surface area contributed by atoms with E-state index in [0.717, 1.165) is 11.4 Å². The molecule has 0 atom stereocenters. The maximum absolute atomic E-state index is 5.42. The molecule has 2 aromatic heterocycles. The first-order valence-electron chi connectivity index (χ1n) is 9.60. The van der Waals surface area contributed by atoms with Crippen LogP contribution in [0.4, 0.5) is 23.0 Å². The quantitative estimate of drug-likeness (QED) is 0.592. The van der Waals surface area contributed by atoms with Crippen LogP contribution in [-0.2, 0) is 0 Å². The smallest absolute Gasteiger partial charge is 0.203 e. The summed E-state index contributed by atoms with van der Waals surface area (Å²) in [6.45, 7) is 4.25. The molecule has 0 saturated carbocycles. The molecule has 0 unspecified atom stereocenters. The number of hydrogen-bond acceptors (Lipinski definition) is 8. The molecule has 1 aromatic carbocycles. The number of nitrogens with one attached hydrogen (secondary N) is 1. The summed E-state index contributed by atoms with van der Waals surface area (Å²) in [5.74, 6) is 2.95. The summed E-state index contributed by atoms with van der Waals surface area (Å²) in [7, 11) is 6.63. The molecule has 0 aliphatic rings. The zero-order chi connectivity index (χ0) is 21.9. The second kappa shape index (κ2) is 11.5. The van der Waals surface area contributed by atoms with Crippen LogP contribution in [0.2, 0.25) is 0 Å². The van der Waals surface area contributed by atoms with E-state index in [2.05, 4.69) is 34.1 Å². The third-order valence-corrected chi connectivity index (χ3v) is 3.95. The molecular weight excluding hydrogens is 382 g/mol. The van der Waals surface area contributed by atoms with Crippen molar-refractivity contribution in [2.75, 3.05) is 38.6 Å². The largest absolute Gasteiger partial charge is 0.493 e. The van der Waals surface area contributed by atoms with Crippen molar-refractivity contribution in [3.05, 3.63) is 49.1 Å². The second-order valence-electron chi connectivity index (χ2n) is 6.27. The molecular formula is C22H29N5O3. The third kappa shape index (κ3) is 5.73. The lowest BCUT2D eigenvalue weighted by molar-refractivity contribution is 0.324. The van der Waals surface area contributed by atoms with Crippen molar-refractivity contribution in [3.63, 3.8) is 0 Å². The summed E-state index contributed by atoms with van der Waals surface area (Å²) in [5, 5.41) is 3.20. The number of benzene rings is 1. The normalized spacial score (nSPS) is 9.80. The molecule has 0 amide bonds. The van der Waals surface area contributed by atoms with Crippen molar-refractivity contribution >= 4 is 23.0 Å². The van der Waals surface area contributed by atoms with Gasteiger partial charge in [-0.05, 0) is 12.1 Å². The first-order valence-corrected chi connectivity index (χ1v) is 9.60. The van der Waals surface area contributed by atoms with Crippen LogP contribution in [0.3, 0.4) is 0 Å². The number of pyridine rings is 1. The van der Waals surface area contributed by atoms with Crippen LogP contribution in [-0.4, -0.2) is 43.3 Å². The molecule has 0 spiro atoms. The molecule has 8 heteroatoms. The molecule has 0 aliphatic carbocycles. The molecule has 0 fully saturated rings. The predicted molar refractivity (Wildman–Crippen MR) is 120 cm³/mol. The van der Waals surface area contributed by atoms with Gasteiger partial charge in [-0.3, -0.25) is 9.97 Å². The van der Waals surface area contributed by atoms with Crippen LogP contribution in [0.5, 0.6) is 17.2 Å². The van der Waals surface area contributed by atoms with Crippen LogP contribution >= 0.6 is 0 Å². The van der Waals surface area contributed by atoms with Gasteiger partial charge in [-0.2, -0.15) is 0 Å². The number of nitrogens with zero attached hydrogens (tertiary/aromatic N) is 4. The Labute approximate surface area is 177 Å². The Morgan fingerprint density at radius 3 is 2.03 bits per heavy atom. The van der Waals surface area contributed by atoms with Crippen LogP contribution in [0.25, 0.3) is 0 Å². The molecule has 3 rings (SSSR count). The zero-order valence-electron chi connectivity index (χ0n) is 18.3. The van der Waals surface area contributed by atoms with Crippen molar-refractivity contribution in [2.24, 2.45) is 0 Å². The molecule has 0 bridgehead atoms. The Morgan fingerprint density at radius 1 is 0.900 bits per heavy atom. The van der Waals surface area contributed by atoms with Gasteiger partial charge in [0.05, 0.1) is 33.7 Å². The van der Waals surface area contributed by atoms with E-state index in [4.69, 9.17) is 14.2 Å². The minimum atomic E-state index is 0.538. The highest BCUT2D eigenvalue weighted by Crippen LogP contribution is 2.41. The van der Waals surface area contributed by atoms with Crippen molar-refractivity contribution in [1.29, 1.82) is 0 Å². The van der Waals surface area contributed by atoms with Crippen molar-refractivity contribution in [3.8, 4) is 17.2 Å². The standard InChI is InChI=1S/C19H21N5O3.C3H8/c1-24(14-9-15(25-2)19(27-4)16(10-14)26-3)18-12-21-11-17(23-18)22-13-5-7-20-8-6-13;1-3-2/h5-12H,1-4H3,(H,20,22,23);3H2,1-2H3. The average Bonchev–Trinajstić information content (AvgIpc) is 2.79. The minimum Gasteiger partial charge on any atom is -0.493 e. The van der Waals surface area contributed by atoms with Crippen molar-refractivity contribution in [2.45, 2.75) is 20.3 Å². The predicted octanol–water partition coefficient (Wildman–Crippen LogP) is 4.83. The Balaban J connectivity index is 0.00000101. The van der Waals surface area contributed by atoms with E-state index in [0.29, 0.717) is 28.9 Å². The van der Waals surface area contributed by atoms with Gasteiger partial charge in [-0.1, -0.05) is 20.3 Å². The van der Waals surface area contributed by atoms with Gasteiger partial charge >= 0.3 is 0 Å². The molecule has 0 saturated heterocycles. The van der Waals surface area contributed by atoms with Gasteiger partial charge in [0.1, 0.15) is 0 Å². The second-order valence-corrected chi connectivity index (χ2v) is 6.27. The van der Waals surface area contributed by atoms with Gasteiger partial charge in [-0.15, -0.1) is 0 Å². The third-order valence-electron chi connectivity index (χ3n) is 3.95. The van der Waals surface area contributed by atoms with Crippen molar-refractivity contribution in [1.82, 2.24) is 15.0 Å². The maximum Gasteiger partial charge on any atom is 0.203 e. The van der Waals surface area contributed by atoms with Gasteiger partial charge < -0.3 is 24.4 Å². The zero-order valence-corrected chi connectivity index (χ0v) is 18.3. The number of rotatable bonds is 7. The lowest BCUT2D eigenvalue weighted by Gasteiger charge is -2.21. The van der Waals surface area contributed by atoms with Gasteiger partial charge in [0.15, 0.2) is 23.1 Å². The summed E-state index contributed by atoms with van der Waals surface area (Å²) in [6.07, 6.45) is 8.01. The Bertz CT molecular complexity index is 897. The molecule has 160 valence electrons. The van der Waals surface area contributed by atoms with Gasteiger partial charge in [0.25, 0.3) is 0 Å². The van der Waals surface area contributed by atoms with E-state index < -0.39 is 0 Å². The average molecular weight is 412 g/mol. The highest BCUT2D eigenvalue weighted by molar-refractivity contribution is 5.68. The van der Waals surface area contributed by atoms with E-state index in [-0.39, 0.29) is 0 Å². The van der Waals surface area contributed by atoms with Crippen molar-refractivity contribution < 1.29 is 14.2 Å². The fourth-order valence-corrected chi connectivity index (χ4v) is 2.55. The molecule has 8 nitrogen and oxygen atoms in total. The van der Waals surface area contributed by atoms with Crippen LogP contribution in [0.15, 0.2) is 49.1 Å². The van der Waals surface area contributed by atoms with E-state index in [1.165, 1.54) is 6.42 Å². The summed E-state index contributed by atoms with van der Waals surface area (Å²) in [5.41, 5.74) is 1.70. The van der Waals surface area contributed by atoms with Gasteiger partial charge in [0.2, 0.25) is 5.75 Å². The fourth-order valence-electron chi connectivity index (χ4n) is 2.55. The number of hydrogen-bond donors (Lipinski definition) is 1. The summed E-state index contributed by atoms with van der Waals surface area (Å²) >= 11 is 0. The molecule has 0 radical (unpaired) electrons. The number of methoxy groups -OCH3 is 3. The monoisotopic (exact) mass is 411 g/mol. The lowest BCUT2D eigenvalue weighted by atomic mass is 10.2. The number of aromatic nitrogens is 3. The number of anilines is 4. The fraction of sp³-hybridized carbons (Fsp3) is 0.318. The molecule has 2 heterocycles. The van der Waals surface area contributed by atoms with Crippen LogP contribution < -0.4 is 24.4 Å². The highest BCUT2D eigenvalue weighted by Gasteiger charge is 2.16. The van der Waals surface area contributed by atoms with Gasteiger partial charge in [0, 0.05) is 42.9 Å². The highest BCUT2D eigenvalue weighted by atomic mass is 16.5. The van der Waals surface area contributed by atoms with E-state index in [1.807, 2.05) is 36.2 Å². The van der Waals surface area contributed by atoms with Gasteiger partial charge in [-0.25, -0.2) is 4.98 Å². The molecule has 30 heavy (non-hydrogen) atoms. The Hall–Kier alpha value is -3.55. The SMILES string of the molecule is CCC.COc1cc(N(C)c2cncc(Nc3ccncc3)n2)cc(OC)c1OC. The topological polar surface area (TPSA) is 81.6 Å². The van der Waals surface area contributed by atoms with E-state index >= 15 is 0 Å². The number of ether oxygens (including phenoxy) is 3. The molecule has 3 aromatic rings. The van der Waals surface area contributed by atoms with Crippen LogP contribution in [0, 0.1) is 0 Å². The van der Waals surface area contributed by atoms with Crippen LogP contribution in [0.1, 0.15) is 20.3 Å². The first kappa shape index (κ1) is 22.7. The van der Waals surface area contributed by atoms with E-state index in [9.17, 15) is 0 Å². The summed E-state index contributed by atoms with van der Waals surface area (Å²) < 4.78 is 16.2. The maximum atomic E-state index is 5.42. The molecule has 1 N–H and O–H groups in total. The Kier molecular flexibility index (Phi) is 8.68. The first-order chi connectivity index (χ1) is 14.6. The molecule has 0 aliphatic heterocycles. The lowest BCUT2D eigenvalue weighted by Crippen LogP contribution is -2.13. The summed E-state index contributed by atoms with van der Waals surface area (Å²) in [6, 6.07) is 7.42. The minimum absolute atomic E-state index is 0.538.